The summed E-state index contributed by atoms with van der Waals surface area (Å²) in [5.74, 6) is 0.552. The van der Waals surface area contributed by atoms with Gasteiger partial charge in [-0.05, 0) is 6.92 Å². The summed E-state index contributed by atoms with van der Waals surface area (Å²) in [6, 6.07) is 0. The predicted molar refractivity (Wildman–Crippen MR) is 67.8 cm³/mol. The average molecular weight is 263 g/mol. The van der Waals surface area contributed by atoms with E-state index in [0.29, 0.717) is 17.0 Å². The minimum Gasteiger partial charge on any atom is -0.331 e. The third-order valence-electron chi connectivity index (χ3n) is 2.72. The van der Waals surface area contributed by atoms with Gasteiger partial charge in [0, 0.05) is 7.05 Å². The van der Waals surface area contributed by atoms with Crippen LogP contribution in [0.15, 0.2) is 15.1 Å². The SMILES string of the molecule is Cc1ncsc1-c1nc2c([nH]1)c(=O)[nH]c(=O)n2C. The number of aromatic amines is 2. The van der Waals surface area contributed by atoms with Crippen LogP contribution in [0.1, 0.15) is 5.69 Å². The molecule has 0 bridgehead atoms. The van der Waals surface area contributed by atoms with E-state index in [1.807, 2.05) is 6.92 Å². The number of aromatic nitrogens is 5. The highest BCUT2D eigenvalue weighted by atomic mass is 32.1. The maximum absolute atomic E-state index is 11.7. The maximum Gasteiger partial charge on any atom is 0.329 e. The van der Waals surface area contributed by atoms with Crippen LogP contribution in [0.4, 0.5) is 0 Å². The molecule has 0 saturated carbocycles. The van der Waals surface area contributed by atoms with Crippen molar-refractivity contribution in [1.29, 1.82) is 0 Å². The molecular formula is C10H9N5O2S. The number of imidazole rings is 1. The zero-order valence-electron chi connectivity index (χ0n) is 9.64. The van der Waals surface area contributed by atoms with Crippen LogP contribution in [0.5, 0.6) is 0 Å². The minimum atomic E-state index is -0.480. The second-order valence-electron chi connectivity index (χ2n) is 3.87. The Morgan fingerprint density at radius 2 is 2.11 bits per heavy atom. The van der Waals surface area contributed by atoms with Gasteiger partial charge >= 0.3 is 5.69 Å². The smallest absolute Gasteiger partial charge is 0.329 e. The Kier molecular flexibility index (Phi) is 2.20. The molecule has 0 spiro atoms. The Morgan fingerprint density at radius 1 is 1.33 bits per heavy atom. The molecule has 3 aromatic heterocycles. The van der Waals surface area contributed by atoms with E-state index in [4.69, 9.17) is 0 Å². The lowest BCUT2D eigenvalue weighted by Gasteiger charge is -1.94. The Bertz CT molecular complexity index is 853. The van der Waals surface area contributed by atoms with Gasteiger partial charge in [0.1, 0.15) is 5.52 Å². The molecule has 3 rings (SSSR count). The lowest BCUT2D eigenvalue weighted by molar-refractivity contribution is 0.832. The van der Waals surface area contributed by atoms with Crippen molar-refractivity contribution in [2.45, 2.75) is 6.92 Å². The summed E-state index contributed by atoms with van der Waals surface area (Å²) in [6.07, 6.45) is 0. The van der Waals surface area contributed by atoms with Crippen molar-refractivity contribution >= 4 is 22.5 Å². The molecule has 0 radical (unpaired) electrons. The topological polar surface area (TPSA) is 96.4 Å². The Hall–Kier alpha value is -2.22. The van der Waals surface area contributed by atoms with Gasteiger partial charge in [0.05, 0.1) is 16.1 Å². The van der Waals surface area contributed by atoms with Crippen LogP contribution >= 0.6 is 11.3 Å². The third-order valence-corrected chi connectivity index (χ3v) is 3.65. The van der Waals surface area contributed by atoms with Gasteiger partial charge in [-0.15, -0.1) is 11.3 Å². The lowest BCUT2D eigenvalue weighted by atomic mass is 10.4. The lowest BCUT2D eigenvalue weighted by Crippen LogP contribution is -2.28. The monoisotopic (exact) mass is 263 g/mol. The number of hydrogen-bond acceptors (Lipinski definition) is 5. The van der Waals surface area contributed by atoms with Gasteiger partial charge in [-0.25, -0.2) is 14.8 Å². The van der Waals surface area contributed by atoms with Crippen molar-refractivity contribution in [3.8, 4) is 10.7 Å². The Labute approximate surface area is 104 Å². The number of nitrogens with one attached hydrogen (secondary N) is 2. The van der Waals surface area contributed by atoms with Crippen LogP contribution in [0.25, 0.3) is 21.9 Å². The maximum atomic E-state index is 11.7. The van der Waals surface area contributed by atoms with Gasteiger partial charge in [0.25, 0.3) is 5.56 Å². The summed E-state index contributed by atoms with van der Waals surface area (Å²) in [7, 11) is 1.56. The standard InChI is InChI=1S/C10H9N5O2S/c1-4-6(18-3-11-4)7-12-5-8(13-7)15(2)10(17)14-9(5)16/h3H,1-2H3,(H,12,13)(H,14,16,17). The summed E-state index contributed by atoms with van der Waals surface area (Å²) < 4.78 is 1.30. The molecule has 18 heavy (non-hydrogen) atoms. The van der Waals surface area contributed by atoms with Crippen molar-refractivity contribution in [3.05, 3.63) is 32.0 Å². The summed E-state index contributed by atoms with van der Waals surface area (Å²) in [5, 5.41) is 0. The number of aryl methyl sites for hydroxylation is 2. The van der Waals surface area contributed by atoms with E-state index in [2.05, 4.69) is 19.9 Å². The molecule has 0 unspecified atom stereocenters. The molecule has 7 nitrogen and oxygen atoms in total. The molecule has 0 amide bonds. The molecule has 0 saturated heterocycles. The molecule has 92 valence electrons. The van der Waals surface area contributed by atoms with Crippen LogP contribution in [-0.4, -0.2) is 24.5 Å². The quantitative estimate of drug-likeness (QED) is 0.663. The fourth-order valence-electron chi connectivity index (χ4n) is 1.74. The normalized spacial score (nSPS) is 11.2. The van der Waals surface area contributed by atoms with Gasteiger partial charge in [-0.1, -0.05) is 0 Å². The van der Waals surface area contributed by atoms with Gasteiger partial charge in [0.2, 0.25) is 0 Å². The average Bonchev–Trinajstić information content (AvgIpc) is 2.92. The van der Waals surface area contributed by atoms with E-state index in [1.54, 1.807) is 12.6 Å². The summed E-state index contributed by atoms with van der Waals surface area (Å²) in [6.45, 7) is 1.86. The van der Waals surface area contributed by atoms with E-state index in [1.165, 1.54) is 15.9 Å². The first kappa shape index (κ1) is 10.9. The van der Waals surface area contributed by atoms with E-state index in [0.717, 1.165) is 10.6 Å². The van der Waals surface area contributed by atoms with E-state index < -0.39 is 11.2 Å². The molecule has 3 aromatic rings. The van der Waals surface area contributed by atoms with E-state index >= 15 is 0 Å². The van der Waals surface area contributed by atoms with Gasteiger partial charge in [0.15, 0.2) is 11.5 Å². The van der Waals surface area contributed by atoms with Crippen molar-refractivity contribution in [2.24, 2.45) is 7.05 Å². The Balaban J connectivity index is 2.40. The highest BCUT2D eigenvalue weighted by Gasteiger charge is 2.14. The number of rotatable bonds is 1. The zero-order chi connectivity index (χ0) is 12.9. The van der Waals surface area contributed by atoms with Crippen molar-refractivity contribution in [3.63, 3.8) is 0 Å². The van der Waals surface area contributed by atoms with Crippen molar-refractivity contribution in [2.75, 3.05) is 0 Å². The van der Waals surface area contributed by atoms with Crippen LogP contribution in [0.2, 0.25) is 0 Å². The van der Waals surface area contributed by atoms with Crippen LogP contribution in [0, 0.1) is 6.92 Å². The molecule has 3 heterocycles. The first-order chi connectivity index (χ1) is 8.58. The van der Waals surface area contributed by atoms with Crippen LogP contribution < -0.4 is 11.2 Å². The highest BCUT2D eigenvalue weighted by Crippen LogP contribution is 2.25. The number of H-pyrrole nitrogens is 2. The van der Waals surface area contributed by atoms with E-state index in [9.17, 15) is 9.59 Å². The molecule has 0 aliphatic carbocycles. The van der Waals surface area contributed by atoms with Crippen LogP contribution in [-0.2, 0) is 7.05 Å². The number of thiazole rings is 1. The first-order valence-corrected chi connectivity index (χ1v) is 6.05. The number of hydrogen-bond donors (Lipinski definition) is 2. The van der Waals surface area contributed by atoms with Gasteiger partial charge in [-0.2, -0.15) is 0 Å². The first-order valence-electron chi connectivity index (χ1n) is 5.17. The summed E-state index contributed by atoms with van der Waals surface area (Å²) in [4.78, 5) is 37.6. The molecule has 0 atom stereocenters. The number of fused-ring (bicyclic) bond motifs is 1. The van der Waals surface area contributed by atoms with Crippen molar-refractivity contribution in [1.82, 2.24) is 24.5 Å². The molecule has 8 heteroatoms. The Morgan fingerprint density at radius 3 is 2.78 bits per heavy atom. The minimum absolute atomic E-state index is 0.292. The number of nitrogens with zero attached hydrogens (tertiary/aromatic N) is 3. The molecule has 0 aliphatic heterocycles. The predicted octanol–water partition coefficient (Wildman–Crippen LogP) is 0.382. The molecule has 2 N–H and O–H groups in total. The molecular weight excluding hydrogens is 254 g/mol. The summed E-state index contributed by atoms with van der Waals surface area (Å²) >= 11 is 1.43. The van der Waals surface area contributed by atoms with Gasteiger partial charge < -0.3 is 4.98 Å². The van der Waals surface area contributed by atoms with E-state index in [-0.39, 0.29) is 0 Å². The second kappa shape index (κ2) is 3.64. The fourth-order valence-corrected chi connectivity index (χ4v) is 2.49. The molecule has 0 fully saturated rings. The highest BCUT2D eigenvalue weighted by molar-refractivity contribution is 7.13. The third kappa shape index (κ3) is 1.42. The largest absolute Gasteiger partial charge is 0.331 e. The molecule has 0 aromatic carbocycles. The van der Waals surface area contributed by atoms with Gasteiger partial charge in [-0.3, -0.25) is 14.3 Å². The zero-order valence-corrected chi connectivity index (χ0v) is 10.5. The summed E-state index contributed by atoms with van der Waals surface area (Å²) in [5.41, 5.74) is 2.23. The fraction of sp³-hybridized carbons (Fsp3) is 0.200. The molecule has 0 aliphatic rings. The van der Waals surface area contributed by atoms with Crippen LogP contribution in [0.3, 0.4) is 0 Å². The van der Waals surface area contributed by atoms with Crippen molar-refractivity contribution < 1.29 is 0 Å². The second-order valence-corrected chi connectivity index (χ2v) is 4.72.